The van der Waals surface area contributed by atoms with Crippen molar-refractivity contribution in [1.29, 1.82) is 0 Å². The molecule has 2 aliphatic heterocycles. The molecule has 3 heterocycles. The molecule has 0 bridgehead atoms. The number of rotatable bonds is 10. The van der Waals surface area contributed by atoms with Crippen LogP contribution in [0, 0.1) is 24.4 Å². The van der Waals surface area contributed by atoms with Crippen molar-refractivity contribution in [2.45, 2.75) is 44.6 Å². The number of methoxy groups -OCH3 is 1. The number of nitrogens with zero attached hydrogens (tertiary/aromatic N) is 3. The number of amides is 2. The molecule has 232 valence electrons. The lowest BCUT2D eigenvalue weighted by Crippen LogP contribution is -2.42. The monoisotopic (exact) mass is 603 g/mol. The Balaban J connectivity index is 1.36. The number of benzene rings is 2. The van der Waals surface area contributed by atoms with Gasteiger partial charge in [-0.3, -0.25) is 10.2 Å². The topological polar surface area (TPSA) is 99.1 Å². The molecule has 2 fully saturated rings. The number of urea groups is 1. The normalized spacial score (nSPS) is 21.7. The average Bonchev–Trinajstić information content (AvgIpc) is 3.64. The molecule has 13 heteroatoms. The minimum absolute atomic E-state index is 0.202. The van der Waals surface area contributed by atoms with E-state index in [-0.39, 0.29) is 18.3 Å². The number of para-hydroxylation sites is 1. The van der Waals surface area contributed by atoms with Crippen LogP contribution >= 0.6 is 0 Å². The van der Waals surface area contributed by atoms with Gasteiger partial charge >= 0.3 is 6.03 Å². The third kappa shape index (κ3) is 7.12. The summed E-state index contributed by atoms with van der Waals surface area (Å²) in [4.78, 5) is 15.5. The number of hydrogen-bond donors (Lipinski definition) is 2. The summed E-state index contributed by atoms with van der Waals surface area (Å²) in [6.45, 7) is 7.79. The molecule has 0 radical (unpaired) electrons. The van der Waals surface area contributed by atoms with Crippen molar-refractivity contribution in [2.24, 2.45) is 0 Å². The number of nitrogens with one attached hydrogen (secondary N) is 2. The Morgan fingerprint density at radius 3 is 2.51 bits per heavy atom. The molecule has 2 saturated heterocycles. The highest BCUT2D eigenvalue weighted by molar-refractivity contribution is 5.90. The first-order valence-corrected chi connectivity index (χ1v) is 14.1. The third-order valence-electron chi connectivity index (χ3n) is 7.54. The van der Waals surface area contributed by atoms with Gasteiger partial charge in [-0.15, -0.1) is 5.10 Å². The SMILES string of the molecule is COCCN1CC(NC(=O)Nc2c(C)c(OCC3COC(C)(C)O3)nn2-c2ccccc2)C(c2cc(F)c(F)c(F)c2)C1. The van der Waals surface area contributed by atoms with Gasteiger partial charge in [0.05, 0.1) is 30.5 Å². The van der Waals surface area contributed by atoms with Crippen LogP contribution in [-0.2, 0) is 14.2 Å². The van der Waals surface area contributed by atoms with Crippen LogP contribution in [0.1, 0.15) is 30.9 Å². The molecular formula is C30H36F3N5O5. The molecular weight excluding hydrogens is 567 g/mol. The van der Waals surface area contributed by atoms with Crippen LogP contribution in [0.5, 0.6) is 5.88 Å². The van der Waals surface area contributed by atoms with E-state index in [4.69, 9.17) is 18.9 Å². The fourth-order valence-electron chi connectivity index (χ4n) is 5.41. The lowest BCUT2D eigenvalue weighted by atomic mass is 9.94. The summed E-state index contributed by atoms with van der Waals surface area (Å²) in [5.74, 6) is -4.58. The van der Waals surface area contributed by atoms with Gasteiger partial charge in [0.2, 0.25) is 5.88 Å². The lowest BCUT2D eigenvalue weighted by Gasteiger charge is -2.21. The second kappa shape index (κ2) is 12.9. The molecule has 3 aromatic rings. The van der Waals surface area contributed by atoms with Gasteiger partial charge < -0.3 is 24.3 Å². The van der Waals surface area contributed by atoms with Gasteiger partial charge in [-0.1, -0.05) is 18.2 Å². The van der Waals surface area contributed by atoms with E-state index in [1.165, 1.54) is 0 Å². The zero-order chi connectivity index (χ0) is 30.7. The van der Waals surface area contributed by atoms with Gasteiger partial charge in [0.15, 0.2) is 23.2 Å². The number of likely N-dealkylation sites (tertiary alicyclic amines) is 1. The fraction of sp³-hybridized carbons (Fsp3) is 0.467. The molecule has 3 atom stereocenters. The Kier molecular flexibility index (Phi) is 9.25. The van der Waals surface area contributed by atoms with E-state index in [9.17, 15) is 18.0 Å². The van der Waals surface area contributed by atoms with Crippen LogP contribution in [-0.4, -0.2) is 85.2 Å². The highest BCUT2D eigenvalue weighted by atomic mass is 19.2. The van der Waals surface area contributed by atoms with Crippen molar-refractivity contribution in [3.05, 3.63) is 71.0 Å². The number of halogens is 3. The number of hydrogen-bond acceptors (Lipinski definition) is 7. The second-order valence-corrected chi connectivity index (χ2v) is 11.2. The molecule has 2 amide bonds. The van der Waals surface area contributed by atoms with Crippen molar-refractivity contribution in [3.8, 4) is 11.6 Å². The first-order chi connectivity index (χ1) is 20.5. The van der Waals surface area contributed by atoms with Gasteiger partial charge in [-0.05, 0) is 50.6 Å². The number of ether oxygens (including phenoxy) is 4. The van der Waals surface area contributed by atoms with Crippen LogP contribution in [0.3, 0.4) is 0 Å². The van der Waals surface area contributed by atoms with Crippen LogP contribution < -0.4 is 15.4 Å². The van der Waals surface area contributed by atoms with E-state index >= 15 is 0 Å². The lowest BCUT2D eigenvalue weighted by molar-refractivity contribution is -0.141. The molecule has 0 spiro atoms. The van der Waals surface area contributed by atoms with E-state index < -0.39 is 41.2 Å². The summed E-state index contributed by atoms with van der Waals surface area (Å²) in [6.07, 6.45) is -0.280. The van der Waals surface area contributed by atoms with Gasteiger partial charge in [-0.25, -0.2) is 22.6 Å². The molecule has 10 nitrogen and oxygen atoms in total. The fourth-order valence-corrected chi connectivity index (χ4v) is 5.41. The third-order valence-corrected chi connectivity index (χ3v) is 7.54. The average molecular weight is 604 g/mol. The Hall–Kier alpha value is -3.65. The van der Waals surface area contributed by atoms with Crippen LogP contribution in [0.4, 0.5) is 23.8 Å². The predicted molar refractivity (Wildman–Crippen MR) is 152 cm³/mol. The number of anilines is 1. The summed E-state index contributed by atoms with van der Waals surface area (Å²) in [7, 11) is 1.58. The van der Waals surface area contributed by atoms with Crippen molar-refractivity contribution < 1.29 is 36.9 Å². The zero-order valence-electron chi connectivity index (χ0n) is 24.5. The predicted octanol–water partition coefficient (Wildman–Crippen LogP) is 4.36. The van der Waals surface area contributed by atoms with Crippen molar-refractivity contribution >= 4 is 11.8 Å². The minimum atomic E-state index is -1.53. The number of carbonyl (C=O) groups is 1. The molecule has 43 heavy (non-hydrogen) atoms. The first-order valence-electron chi connectivity index (χ1n) is 14.1. The molecule has 2 aromatic carbocycles. The summed E-state index contributed by atoms with van der Waals surface area (Å²) >= 11 is 0. The molecule has 1 aromatic heterocycles. The van der Waals surface area contributed by atoms with Crippen molar-refractivity contribution in [2.75, 3.05) is 51.9 Å². The summed E-state index contributed by atoms with van der Waals surface area (Å²) in [5.41, 5.74) is 1.53. The maximum Gasteiger partial charge on any atom is 0.320 e. The smallest absolute Gasteiger partial charge is 0.320 e. The summed E-state index contributed by atoms with van der Waals surface area (Å²) in [6, 6.07) is 10.1. The van der Waals surface area contributed by atoms with Gasteiger partial charge in [0, 0.05) is 32.7 Å². The van der Waals surface area contributed by atoms with E-state index in [0.717, 1.165) is 12.1 Å². The van der Waals surface area contributed by atoms with Crippen molar-refractivity contribution in [3.63, 3.8) is 0 Å². The second-order valence-electron chi connectivity index (χ2n) is 11.2. The quantitative estimate of drug-likeness (QED) is 0.332. The van der Waals surface area contributed by atoms with Gasteiger partial charge in [0.1, 0.15) is 18.5 Å². The Morgan fingerprint density at radius 1 is 1.14 bits per heavy atom. The summed E-state index contributed by atoms with van der Waals surface area (Å²) in [5, 5.41) is 10.5. The number of carbonyl (C=O) groups excluding carboxylic acids is 1. The van der Waals surface area contributed by atoms with E-state index in [2.05, 4.69) is 15.7 Å². The van der Waals surface area contributed by atoms with Gasteiger partial charge in [0.25, 0.3) is 0 Å². The zero-order valence-corrected chi connectivity index (χ0v) is 24.5. The molecule has 0 saturated carbocycles. The minimum Gasteiger partial charge on any atom is -0.473 e. The van der Waals surface area contributed by atoms with E-state index in [1.807, 2.05) is 49.1 Å². The largest absolute Gasteiger partial charge is 0.473 e. The molecule has 2 aliphatic rings. The maximum atomic E-state index is 14.1. The molecule has 2 N–H and O–H groups in total. The summed E-state index contributed by atoms with van der Waals surface area (Å²) < 4.78 is 66.2. The maximum absolute atomic E-state index is 14.1. The Labute approximate surface area is 248 Å². The standard InChI is InChI=1S/C30H36F3N5O5/c1-18-27(38(20-8-6-5-7-9-20)36-28(18)41-16-21-17-42-30(2,3)43-21)35-29(39)34-25-15-37(10-11-40-4)14-22(25)19-12-23(31)26(33)24(32)13-19/h5-9,12-13,21-22,25H,10-11,14-17H2,1-4H3,(H2,34,35,39). The van der Waals surface area contributed by atoms with Crippen LogP contribution in [0.15, 0.2) is 42.5 Å². The highest BCUT2D eigenvalue weighted by Crippen LogP contribution is 2.32. The first kappa shape index (κ1) is 30.8. The van der Waals surface area contributed by atoms with E-state index in [1.54, 1.807) is 18.7 Å². The highest BCUT2D eigenvalue weighted by Gasteiger charge is 2.36. The number of aromatic nitrogens is 2. The Morgan fingerprint density at radius 2 is 1.86 bits per heavy atom. The molecule has 3 unspecified atom stereocenters. The van der Waals surface area contributed by atoms with Crippen LogP contribution in [0.25, 0.3) is 5.69 Å². The van der Waals surface area contributed by atoms with Gasteiger partial charge in [-0.2, -0.15) is 0 Å². The van der Waals surface area contributed by atoms with E-state index in [0.29, 0.717) is 55.8 Å². The Bertz CT molecular complexity index is 1410. The van der Waals surface area contributed by atoms with Crippen molar-refractivity contribution in [1.82, 2.24) is 20.0 Å². The molecule has 0 aliphatic carbocycles. The molecule has 5 rings (SSSR count). The van der Waals surface area contributed by atoms with Crippen LogP contribution in [0.2, 0.25) is 0 Å².